The van der Waals surface area contributed by atoms with E-state index in [2.05, 4.69) is 6.92 Å². The molecule has 0 aromatic rings. The number of carbonyl (C=O) groups is 1. The Morgan fingerprint density at radius 1 is 0.700 bits per heavy atom. The second-order valence-corrected chi connectivity index (χ2v) is 5.49. The number of rotatable bonds is 15. The van der Waals surface area contributed by atoms with Gasteiger partial charge in [-0.3, -0.25) is 4.79 Å². The van der Waals surface area contributed by atoms with E-state index in [1.54, 1.807) is 0 Å². The first-order valence-electron chi connectivity index (χ1n) is 8.48. The maximum Gasteiger partial charge on any atom is 0.302 e. The van der Waals surface area contributed by atoms with Crippen LogP contribution in [-0.2, 0) is 14.3 Å². The van der Waals surface area contributed by atoms with Crippen molar-refractivity contribution in [3.8, 4) is 0 Å². The van der Waals surface area contributed by atoms with Crippen LogP contribution >= 0.6 is 0 Å². The number of unbranched alkanes of at least 4 members (excludes halogenated alkanes) is 10. The molecule has 0 N–H and O–H groups in total. The lowest BCUT2D eigenvalue weighted by molar-refractivity contribution is -0.142. The van der Waals surface area contributed by atoms with Gasteiger partial charge in [0.2, 0.25) is 0 Å². The largest absolute Gasteiger partial charge is 0.463 e. The minimum Gasteiger partial charge on any atom is -0.463 e. The number of esters is 1. The van der Waals surface area contributed by atoms with Gasteiger partial charge < -0.3 is 9.47 Å². The molecule has 20 heavy (non-hydrogen) atoms. The van der Waals surface area contributed by atoms with Crippen LogP contribution in [0.2, 0.25) is 0 Å². The summed E-state index contributed by atoms with van der Waals surface area (Å²) in [5.41, 5.74) is 0. The zero-order valence-electron chi connectivity index (χ0n) is 13.6. The predicted octanol–water partition coefficient (Wildman–Crippen LogP) is 4.88. The average Bonchev–Trinajstić information content (AvgIpc) is 2.43. The summed E-state index contributed by atoms with van der Waals surface area (Å²) >= 11 is 0. The molecule has 0 aromatic heterocycles. The normalized spacial score (nSPS) is 10.7. The van der Waals surface area contributed by atoms with Crippen molar-refractivity contribution in [2.75, 3.05) is 19.8 Å². The molecule has 0 unspecified atom stereocenters. The van der Waals surface area contributed by atoms with Gasteiger partial charge >= 0.3 is 5.97 Å². The summed E-state index contributed by atoms with van der Waals surface area (Å²) in [6.45, 7) is 5.38. The third-order valence-corrected chi connectivity index (χ3v) is 3.43. The molecular weight excluding hydrogens is 252 g/mol. The Hall–Kier alpha value is -0.570. The summed E-state index contributed by atoms with van der Waals surface area (Å²) in [7, 11) is 0. The van der Waals surface area contributed by atoms with Crippen molar-refractivity contribution in [2.24, 2.45) is 0 Å². The lowest BCUT2D eigenvalue weighted by Gasteiger charge is -2.05. The van der Waals surface area contributed by atoms with Crippen LogP contribution in [0.25, 0.3) is 0 Å². The number of hydrogen-bond donors (Lipinski definition) is 0. The Morgan fingerprint density at radius 3 is 1.70 bits per heavy atom. The summed E-state index contributed by atoms with van der Waals surface area (Å²) < 4.78 is 10.2. The molecule has 0 spiro atoms. The van der Waals surface area contributed by atoms with Gasteiger partial charge in [0.05, 0.1) is 6.61 Å². The van der Waals surface area contributed by atoms with Crippen LogP contribution in [0.15, 0.2) is 0 Å². The number of ether oxygens (including phenoxy) is 2. The summed E-state index contributed by atoms with van der Waals surface area (Å²) in [6, 6.07) is 0. The van der Waals surface area contributed by atoms with Crippen LogP contribution in [0.3, 0.4) is 0 Å². The molecule has 0 saturated carbocycles. The Bertz CT molecular complexity index is 204. The van der Waals surface area contributed by atoms with Crippen molar-refractivity contribution in [3.63, 3.8) is 0 Å². The summed E-state index contributed by atoms with van der Waals surface area (Å²) in [5.74, 6) is -0.233. The van der Waals surface area contributed by atoms with E-state index < -0.39 is 0 Å². The Balaban J connectivity index is 2.94. The maximum absolute atomic E-state index is 10.5. The molecule has 0 amide bonds. The van der Waals surface area contributed by atoms with Gasteiger partial charge in [-0.15, -0.1) is 0 Å². The topological polar surface area (TPSA) is 35.5 Å². The molecule has 0 aliphatic heterocycles. The lowest BCUT2D eigenvalue weighted by atomic mass is 10.1. The van der Waals surface area contributed by atoms with Crippen molar-refractivity contribution < 1.29 is 14.3 Å². The molecule has 0 rings (SSSR count). The smallest absolute Gasteiger partial charge is 0.302 e. The van der Waals surface area contributed by atoms with E-state index in [0.29, 0.717) is 13.2 Å². The summed E-state index contributed by atoms with van der Waals surface area (Å²) in [5, 5.41) is 0. The molecule has 0 aromatic carbocycles. The van der Waals surface area contributed by atoms with Gasteiger partial charge in [0, 0.05) is 13.5 Å². The standard InChI is InChI=1S/C17H34O3/c1-3-4-5-6-7-8-9-10-11-12-13-14-19-15-16-20-17(2)18/h3-16H2,1-2H3. The third kappa shape index (κ3) is 17.4. The van der Waals surface area contributed by atoms with Gasteiger partial charge in [0.1, 0.15) is 6.61 Å². The molecule has 0 atom stereocenters. The van der Waals surface area contributed by atoms with Crippen molar-refractivity contribution in [1.82, 2.24) is 0 Å². The SMILES string of the molecule is CCCCCCCCCCCCCOCCOC(C)=O. The van der Waals surface area contributed by atoms with Crippen LogP contribution in [-0.4, -0.2) is 25.8 Å². The summed E-state index contributed by atoms with van der Waals surface area (Å²) in [4.78, 5) is 10.5. The van der Waals surface area contributed by atoms with E-state index in [9.17, 15) is 4.79 Å². The quantitative estimate of drug-likeness (QED) is 0.318. The molecule has 0 fully saturated rings. The predicted molar refractivity (Wildman–Crippen MR) is 83.9 cm³/mol. The van der Waals surface area contributed by atoms with E-state index >= 15 is 0 Å². The second kappa shape index (κ2) is 16.5. The molecular formula is C17H34O3. The van der Waals surface area contributed by atoms with E-state index in [1.807, 2.05) is 0 Å². The van der Waals surface area contributed by atoms with E-state index in [4.69, 9.17) is 9.47 Å². The second-order valence-electron chi connectivity index (χ2n) is 5.49. The Morgan fingerprint density at radius 2 is 1.20 bits per heavy atom. The van der Waals surface area contributed by atoms with E-state index in [0.717, 1.165) is 13.0 Å². The van der Waals surface area contributed by atoms with Crippen LogP contribution in [0, 0.1) is 0 Å². The first-order chi connectivity index (χ1) is 9.77. The minimum atomic E-state index is -0.233. The molecule has 3 nitrogen and oxygen atoms in total. The Labute approximate surface area is 125 Å². The highest BCUT2D eigenvalue weighted by Gasteiger charge is 1.95. The fourth-order valence-corrected chi connectivity index (χ4v) is 2.21. The summed E-state index contributed by atoms with van der Waals surface area (Å²) in [6.07, 6.45) is 14.8. The molecule has 0 aliphatic rings. The van der Waals surface area contributed by atoms with Crippen molar-refractivity contribution in [2.45, 2.75) is 84.5 Å². The van der Waals surface area contributed by atoms with Gasteiger partial charge in [-0.1, -0.05) is 71.1 Å². The molecule has 0 aliphatic carbocycles. The minimum absolute atomic E-state index is 0.233. The lowest BCUT2D eigenvalue weighted by Crippen LogP contribution is -2.08. The molecule has 0 radical (unpaired) electrons. The monoisotopic (exact) mass is 286 g/mol. The maximum atomic E-state index is 10.5. The number of hydrogen-bond acceptors (Lipinski definition) is 3. The highest BCUT2D eigenvalue weighted by molar-refractivity contribution is 5.65. The van der Waals surface area contributed by atoms with Gasteiger partial charge in [-0.2, -0.15) is 0 Å². The first-order valence-corrected chi connectivity index (χ1v) is 8.48. The van der Waals surface area contributed by atoms with Gasteiger partial charge in [0.25, 0.3) is 0 Å². The first kappa shape index (κ1) is 19.4. The van der Waals surface area contributed by atoms with E-state index in [-0.39, 0.29) is 5.97 Å². The van der Waals surface area contributed by atoms with Gasteiger partial charge in [-0.05, 0) is 6.42 Å². The van der Waals surface area contributed by atoms with Crippen molar-refractivity contribution >= 4 is 5.97 Å². The van der Waals surface area contributed by atoms with Crippen LogP contribution in [0.1, 0.15) is 84.5 Å². The number of carbonyl (C=O) groups excluding carboxylic acids is 1. The molecule has 3 heteroatoms. The van der Waals surface area contributed by atoms with Crippen LogP contribution in [0.5, 0.6) is 0 Å². The zero-order valence-corrected chi connectivity index (χ0v) is 13.6. The molecule has 0 saturated heterocycles. The highest BCUT2D eigenvalue weighted by Crippen LogP contribution is 2.11. The molecule has 120 valence electrons. The van der Waals surface area contributed by atoms with Crippen LogP contribution in [0.4, 0.5) is 0 Å². The van der Waals surface area contributed by atoms with Crippen molar-refractivity contribution in [3.05, 3.63) is 0 Å². The zero-order chi connectivity index (χ0) is 14.9. The van der Waals surface area contributed by atoms with E-state index in [1.165, 1.54) is 71.1 Å². The van der Waals surface area contributed by atoms with Crippen molar-refractivity contribution in [1.29, 1.82) is 0 Å². The molecule has 0 heterocycles. The fraction of sp³-hybridized carbons (Fsp3) is 0.941. The average molecular weight is 286 g/mol. The van der Waals surface area contributed by atoms with Crippen LogP contribution < -0.4 is 0 Å². The Kier molecular flexibility index (Phi) is 16.0. The highest BCUT2D eigenvalue weighted by atomic mass is 16.6. The molecule has 0 bridgehead atoms. The van der Waals surface area contributed by atoms with Gasteiger partial charge in [0.15, 0.2) is 0 Å². The fourth-order valence-electron chi connectivity index (χ4n) is 2.21. The third-order valence-electron chi connectivity index (χ3n) is 3.43. The van der Waals surface area contributed by atoms with Gasteiger partial charge in [-0.25, -0.2) is 0 Å².